The Bertz CT molecular complexity index is 1440. The number of carbonyl (C=O) groups excluding carboxylic acids is 4. The fourth-order valence-corrected chi connectivity index (χ4v) is 5.50. The third kappa shape index (κ3) is 5.39. The number of nitrogens with one attached hydrogen (secondary N) is 1. The molecular formula is C30H29N5O5. The molecule has 0 aromatic heterocycles. The van der Waals surface area contributed by atoms with Crippen LogP contribution in [0.1, 0.15) is 38.3 Å². The molecule has 40 heavy (non-hydrogen) atoms. The Morgan fingerprint density at radius 1 is 0.925 bits per heavy atom. The second-order valence-electron chi connectivity index (χ2n) is 9.99. The van der Waals surface area contributed by atoms with Gasteiger partial charge in [-0.1, -0.05) is 42.5 Å². The summed E-state index contributed by atoms with van der Waals surface area (Å²) >= 11 is 0. The number of likely N-dealkylation sites (tertiary alicyclic amines) is 2. The number of ketones is 1. The van der Waals surface area contributed by atoms with E-state index in [4.69, 9.17) is 5.73 Å². The minimum atomic E-state index is -0.991. The van der Waals surface area contributed by atoms with Crippen LogP contribution in [0.3, 0.4) is 0 Å². The van der Waals surface area contributed by atoms with Crippen molar-refractivity contribution >= 4 is 29.2 Å². The summed E-state index contributed by atoms with van der Waals surface area (Å²) in [6, 6.07) is 19.8. The average Bonchev–Trinajstić information content (AvgIpc) is 3.58. The molecule has 0 bridgehead atoms. The topological polar surface area (TPSA) is 142 Å². The van der Waals surface area contributed by atoms with Crippen molar-refractivity contribution in [2.24, 2.45) is 10.9 Å². The first-order chi connectivity index (χ1) is 19.4. The van der Waals surface area contributed by atoms with Crippen LogP contribution in [-0.2, 0) is 22.6 Å². The van der Waals surface area contributed by atoms with E-state index >= 15 is 0 Å². The molecule has 2 aliphatic rings. The zero-order chi connectivity index (χ0) is 28.2. The molecule has 2 aliphatic heterocycles. The van der Waals surface area contributed by atoms with Gasteiger partial charge in [-0.25, -0.2) is 0 Å². The summed E-state index contributed by atoms with van der Waals surface area (Å²) in [4.78, 5) is 67.4. The molecule has 0 spiro atoms. The monoisotopic (exact) mass is 539 g/mol. The number of amides is 3. The second-order valence-corrected chi connectivity index (χ2v) is 9.99. The maximum atomic E-state index is 14.0. The highest BCUT2D eigenvalue weighted by Crippen LogP contribution is 2.31. The molecule has 5 rings (SSSR count). The summed E-state index contributed by atoms with van der Waals surface area (Å²) in [5.74, 6) is -1.31. The van der Waals surface area contributed by atoms with Gasteiger partial charge < -0.3 is 20.9 Å². The normalized spacial score (nSPS) is 18.8. The van der Waals surface area contributed by atoms with E-state index in [1.165, 1.54) is 17.0 Å². The number of nitrogens with zero attached hydrogens (tertiary/aromatic N) is 3. The Labute approximate surface area is 231 Å². The Hall–Kier alpha value is -4.70. The summed E-state index contributed by atoms with van der Waals surface area (Å²) < 4.78 is 0. The molecule has 3 amide bonds. The highest BCUT2D eigenvalue weighted by molar-refractivity contribution is 6.03. The van der Waals surface area contributed by atoms with Crippen molar-refractivity contribution in [2.45, 2.75) is 37.5 Å². The lowest BCUT2D eigenvalue weighted by molar-refractivity contribution is -0.138. The fraction of sp³-hybridized carbons (Fsp3) is 0.267. The predicted molar refractivity (Wildman–Crippen MR) is 148 cm³/mol. The van der Waals surface area contributed by atoms with Crippen LogP contribution in [0.2, 0.25) is 0 Å². The molecule has 0 aliphatic carbocycles. The first-order valence-electron chi connectivity index (χ1n) is 13.1. The van der Waals surface area contributed by atoms with Crippen molar-refractivity contribution < 1.29 is 19.2 Å². The lowest BCUT2D eigenvalue weighted by Gasteiger charge is -2.28. The zero-order valence-corrected chi connectivity index (χ0v) is 21.7. The highest BCUT2D eigenvalue weighted by Gasteiger charge is 2.52. The number of hydrogen-bond donors (Lipinski definition) is 2. The molecule has 3 N–H and O–H groups in total. The van der Waals surface area contributed by atoms with Crippen LogP contribution in [0.15, 0.2) is 84.0 Å². The molecule has 3 aromatic rings. The lowest BCUT2D eigenvalue weighted by atomic mass is 10.0. The van der Waals surface area contributed by atoms with Gasteiger partial charge in [-0.2, -0.15) is 0 Å². The number of carbonyl (C=O) groups is 4. The molecule has 2 heterocycles. The molecule has 10 nitrogen and oxygen atoms in total. The molecule has 3 aromatic carbocycles. The quantitative estimate of drug-likeness (QED) is 0.422. The van der Waals surface area contributed by atoms with Crippen molar-refractivity contribution in [3.8, 4) is 0 Å². The van der Waals surface area contributed by atoms with E-state index < -0.39 is 29.9 Å². The minimum absolute atomic E-state index is 0.0735. The van der Waals surface area contributed by atoms with Gasteiger partial charge >= 0.3 is 0 Å². The van der Waals surface area contributed by atoms with Crippen LogP contribution >= 0.6 is 0 Å². The van der Waals surface area contributed by atoms with Crippen molar-refractivity contribution in [1.29, 1.82) is 0 Å². The number of benzene rings is 3. The Morgan fingerprint density at radius 3 is 2.35 bits per heavy atom. The van der Waals surface area contributed by atoms with Crippen LogP contribution in [0, 0.1) is 4.91 Å². The van der Waals surface area contributed by atoms with E-state index in [0.717, 1.165) is 5.56 Å². The van der Waals surface area contributed by atoms with Gasteiger partial charge in [-0.05, 0) is 59.1 Å². The van der Waals surface area contributed by atoms with Crippen LogP contribution in [0.4, 0.5) is 5.69 Å². The molecule has 2 fully saturated rings. The smallest absolute Gasteiger partial charge is 0.254 e. The van der Waals surface area contributed by atoms with Crippen molar-refractivity contribution in [2.75, 3.05) is 13.1 Å². The summed E-state index contributed by atoms with van der Waals surface area (Å²) in [7, 11) is 0. The fourth-order valence-electron chi connectivity index (χ4n) is 5.50. The molecule has 3 atom stereocenters. The van der Waals surface area contributed by atoms with Gasteiger partial charge in [0.05, 0.1) is 12.6 Å². The van der Waals surface area contributed by atoms with Gasteiger partial charge in [0.25, 0.3) is 11.8 Å². The first-order valence-corrected chi connectivity index (χ1v) is 13.1. The second kappa shape index (κ2) is 11.6. The van der Waals surface area contributed by atoms with E-state index in [0.29, 0.717) is 23.1 Å². The van der Waals surface area contributed by atoms with E-state index in [2.05, 4.69) is 10.5 Å². The molecule has 0 saturated carbocycles. The maximum absolute atomic E-state index is 14.0. The molecule has 2 saturated heterocycles. The van der Waals surface area contributed by atoms with Gasteiger partial charge in [-0.15, -0.1) is 4.91 Å². The predicted octanol–water partition coefficient (Wildman–Crippen LogP) is 2.58. The van der Waals surface area contributed by atoms with E-state index in [9.17, 15) is 24.1 Å². The Morgan fingerprint density at radius 2 is 1.65 bits per heavy atom. The number of nitrogens with two attached hydrogens (primary N) is 1. The zero-order valence-electron chi connectivity index (χ0n) is 21.7. The average molecular weight is 540 g/mol. The SMILES string of the molecule is NCc1cccc(C(=O)NC(Cc2ccc(N=O)cc2)C(=O)N2CCC3C2C(=O)CN3C(=O)c2ccccc2)c1. The van der Waals surface area contributed by atoms with E-state index in [-0.39, 0.29) is 43.4 Å². The van der Waals surface area contributed by atoms with Crippen LogP contribution in [-0.4, -0.2) is 64.5 Å². The molecule has 0 radical (unpaired) electrons. The van der Waals surface area contributed by atoms with Gasteiger partial charge in [0, 0.05) is 30.6 Å². The minimum Gasteiger partial charge on any atom is -0.340 e. The van der Waals surface area contributed by atoms with Crippen molar-refractivity contribution in [3.63, 3.8) is 0 Å². The third-order valence-electron chi connectivity index (χ3n) is 7.50. The van der Waals surface area contributed by atoms with Crippen molar-refractivity contribution in [1.82, 2.24) is 15.1 Å². The summed E-state index contributed by atoms with van der Waals surface area (Å²) in [5, 5.41) is 5.75. The van der Waals surface area contributed by atoms with Crippen LogP contribution in [0.5, 0.6) is 0 Å². The number of Topliss-reactive ketones (excluding diaryl/α,β-unsaturated/α-hetero) is 1. The van der Waals surface area contributed by atoms with Gasteiger partial charge in [0.2, 0.25) is 5.91 Å². The summed E-state index contributed by atoms with van der Waals surface area (Å²) in [6.07, 6.45) is 0.592. The number of fused-ring (bicyclic) bond motifs is 1. The van der Waals surface area contributed by atoms with Crippen LogP contribution in [0.25, 0.3) is 0 Å². The van der Waals surface area contributed by atoms with Crippen LogP contribution < -0.4 is 11.1 Å². The van der Waals surface area contributed by atoms with Gasteiger partial charge in [-0.3, -0.25) is 19.2 Å². The van der Waals surface area contributed by atoms with E-state index in [1.807, 2.05) is 6.07 Å². The number of hydrogen-bond acceptors (Lipinski definition) is 7. The molecule has 204 valence electrons. The summed E-state index contributed by atoms with van der Waals surface area (Å²) in [6.45, 7) is 0.467. The number of rotatable bonds is 8. The first kappa shape index (κ1) is 26.9. The Kier molecular flexibility index (Phi) is 7.79. The third-order valence-corrected chi connectivity index (χ3v) is 7.50. The highest BCUT2D eigenvalue weighted by atomic mass is 16.3. The van der Waals surface area contributed by atoms with Gasteiger partial charge in [0.15, 0.2) is 5.78 Å². The number of nitroso groups, excluding NO2 is 1. The van der Waals surface area contributed by atoms with Crippen molar-refractivity contribution in [3.05, 3.63) is 106 Å². The Balaban J connectivity index is 1.39. The summed E-state index contributed by atoms with van der Waals surface area (Å²) in [5.41, 5.74) is 8.29. The lowest BCUT2D eigenvalue weighted by Crippen LogP contribution is -2.53. The molecular weight excluding hydrogens is 510 g/mol. The molecule has 3 unspecified atom stereocenters. The largest absolute Gasteiger partial charge is 0.340 e. The standard InChI is InChI=1S/C30H29N5O5/c31-17-20-5-4-8-22(15-20)28(37)32-24(16-19-9-11-23(33-40)12-10-19)30(39)34-14-13-25-27(34)26(36)18-35(25)29(38)21-6-2-1-3-7-21/h1-12,15,24-25,27H,13-14,16-18,31H2,(H,32,37). The molecule has 10 heteroatoms. The van der Waals surface area contributed by atoms with Gasteiger partial charge in [0.1, 0.15) is 17.8 Å². The van der Waals surface area contributed by atoms with E-state index in [1.54, 1.807) is 65.6 Å². The maximum Gasteiger partial charge on any atom is 0.254 e.